The van der Waals surface area contributed by atoms with Crippen molar-refractivity contribution in [3.63, 3.8) is 0 Å². The molecule has 0 amide bonds. The molecule has 0 aliphatic rings. The quantitative estimate of drug-likeness (QED) is 0.336. The van der Waals surface area contributed by atoms with Gasteiger partial charge in [-0.1, -0.05) is 54.6 Å². The van der Waals surface area contributed by atoms with Crippen molar-refractivity contribution >= 4 is 48.8 Å². The average Bonchev–Trinajstić information content (AvgIpc) is 3.22. The van der Waals surface area contributed by atoms with Crippen molar-refractivity contribution in [2.75, 3.05) is 11.8 Å². The van der Waals surface area contributed by atoms with Crippen molar-refractivity contribution in [2.45, 2.75) is 4.90 Å². The molecular weight excluding hydrogens is 486 g/mol. The first-order valence-electron chi connectivity index (χ1n) is 11.4. The van der Waals surface area contributed by atoms with Gasteiger partial charge in [-0.2, -0.15) is 5.26 Å². The monoisotopic (exact) mass is 505 g/mol. The molecule has 9 heteroatoms. The zero-order valence-electron chi connectivity index (χ0n) is 19.6. The van der Waals surface area contributed by atoms with Crippen LogP contribution in [0.4, 0.5) is 5.82 Å². The van der Waals surface area contributed by atoms with Crippen molar-refractivity contribution in [1.82, 2.24) is 14.5 Å². The van der Waals surface area contributed by atoms with Crippen LogP contribution in [-0.2, 0) is 10.0 Å². The molecule has 0 fully saturated rings. The number of benzene rings is 4. The number of anilines is 1. The van der Waals surface area contributed by atoms with Gasteiger partial charge in [-0.3, -0.25) is 9.29 Å². The van der Waals surface area contributed by atoms with Gasteiger partial charge in [-0.05, 0) is 47.2 Å². The molecule has 6 aromatic rings. The molecule has 180 valence electrons. The fourth-order valence-corrected chi connectivity index (χ4v) is 5.51. The van der Waals surface area contributed by atoms with E-state index in [2.05, 4.69) is 15.8 Å². The highest BCUT2D eigenvalue weighted by molar-refractivity contribution is 7.92. The third-order valence-corrected chi connectivity index (χ3v) is 7.50. The highest BCUT2D eigenvalue weighted by Crippen LogP contribution is 2.36. The number of hydrogen-bond acceptors (Lipinski definition) is 6. The minimum atomic E-state index is -4.10. The van der Waals surface area contributed by atoms with Crippen LogP contribution in [0.2, 0.25) is 0 Å². The molecule has 37 heavy (non-hydrogen) atoms. The topological polar surface area (TPSA) is 110 Å². The summed E-state index contributed by atoms with van der Waals surface area (Å²) in [6.45, 7) is 0. The second-order valence-corrected chi connectivity index (χ2v) is 10.0. The van der Waals surface area contributed by atoms with E-state index in [4.69, 9.17) is 9.72 Å². The van der Waals surface area contributed by atoms with Gasteiger partial charge in [0, 0.05) is 0 Å². The average molecular weight is 506 g/mol. The number of ether oxygens (including phenoxy) is 1. The van der Waals surface area contributed by atoms with Crippen LogP contribution < -0.4 is 9.46 Å². The van der Waals surface area contributed by atoms with E-state index in [0.29, 0.717) is 28.1 Å². The van der Waals surface area contributed by atoms with E-state index < -0.39 is 10.0 Å². The summed E-state index contributed by atoms with van der Waals surface area (Å²) in [5.74, 6) is 0.510. The summed E-state index contributed by atoms with van der Waals surface area (Å²) in [6.07, 6.45) is 0. The van der Waals surface area contributed by atoms with Crippen molar-refractivity contribution in [3.05, 3.63) is 96.6 Å². The van der Waals surface area contributed by atoms with Crippen molar-refractivity contribution in [2.24, 2.45) is 0 Å². The predicted molar refractivity (Wildman–Crippen MR) is 142 cm³/mol. The van der Waals surface area contributed by atoms with Crippen LogP contribution in [0.3, 0.4) is 0 Å². The molecular formula is C28H19N5O3S. The van der Waals surface area contributed by atoms with Crippen LogP contribution >= 0.6 is 0 Å². The number of methoxy groups -OCH3 is 1. The van der Waals surface area contributed by atoms with E-state index in [1.165, 1.54) is 13.2 Å². The number of sulfonamides is 1. The molecule has 8 nitrogen and oxygen atoms in total. The lowest BCUT2D eigenvalue weighted by molar-refractivity contribution is 0.413. The smallest absolute Gasteiger partial charge is 0.263 e. The van der Waals surface area contributed by atoms with Gasteiger partial charge < -0.3 is 4.74 Å². The molecule has 0 atom stereocenters. The van der Waals surface area contributed by atoms with E-state index >= 15 is 0 Å². The van der Waals surface area contributed by atoms with Crippen LogP contribution in [0.5, 0.6) is 5.75 Å². The number of nitriles is 1. The Labute approximate surface area is 212 Å². The van der Waals surface area contributed by atoms with Gasteiger partial charge >= 0.3 is 0 Å². The fourth-order valence-electron chi connectivity index (χ4n) is 4.42. The molecule has 0 aliphatic carbocycles. The zero-order valence-corrected chi connectivity index (χ0v) is 20.4. The lowest BCUT2D eigenvalue weighted by atomic mass is 10.1. The number of fused-ring (bicyclic) bond motifs is 3. The summed E-state index contributed by atoms with van der Waals surface area (Å²) in [5.41, 5.74) is 2.38. The van der Waals surface area contributed by atoms with E-state index in [1.54, 1.807) is 47.0 Å². The fraction of sp³-hybridized carbons (Fsp3) is 0.0357. The number of aromatic nitrogens is 3. The highest BCUT2D eigenvalue weighted by Gasteiger charge is 2.27. The maximum atomic E-state index is 13.7. The van der Waals surface area contributed by atoms with Gasteiger partial charge in [-0.25, -0.2) is 18.4 Å². The number of nitrogens with one attached hydrogen (secondary N) is 1. The maximum Gasteiger partial charge on any atom is 0.263 e. The molecule has 6 rings (SSSR count). The third-order valence-electron chi connectivity index (χ3n) is 6.16. The third kappa shape index (κ3) is 3.71. The summed E-state index contributed by atoms with van der Waals surface area (Å²) in [6, 6.07) is 28.9. The Morgan fingerprint density at radius 2 is 1.54 bits per heavy atom. The molecule has 0 saturated carbocycles. The summed E-state index contributed by atoms with van der Waals surface area (Å²) < 4.78 is 37.1. The molecule has 0 aliphatic heterocycles. The molecule has 2 heterocycles. The van der Waals surface area contributed by atoms with Crippen molar-refractivity contribution in [3.8, 4) is 17.5 Å². The van der Waals surface area contributed by atoms with E-state index in [1.807, 2.05) is 42.5 Å². The van der Waals surface area contributed by atoms with Gasteiger partial charge in [0.25, 0.3) is 10.0 Å². The first-order valence-corrected chi connectivity index (χ1v) is 12.8. The summed E-state index contributed by atoms with van der Waals surface area (Å²) in [7, 11) is -2.58. The van der Waals surface area contributed by atoms with Gasteiger partial charge in [-0.15, -0.1) is 0 Å². The Kier molecular flexibility index (Phi) is 5.25. The summed E-state index contributed by atoms with van der Waals surface area (Å²) in [4.78, 5) is 9.50. The molecule has 1 N–H and O–H groups in total. The first kappa shape index (κ1) is 22.5. The standard InChI is InChI=1S/C28H19N5O3S/c1-36-25-13-7-6-12-24(25)33-27(21(17-29)26-28(33)31-23-11-5-4-10-22(23)30-26)32-37(34,35)20-15-14-18-8-2-3-9-19(18)16-20/h2-16,32H,1H3. The van der Waals surface area contributed by atoms with Crippen LogP contribution in [0, 0.1) is 11.3 Å². The Morgan fingerprint density at radius 1 is 0.865 bits per heavy atom. The minimum Gasteiger partial charge on any atom is -0.495 e. The SMILES string of the molecule is COc1ccccc1-n1c(NS(=O)(=O)c2ccc3ccccc3c2)c(C#N)c2nc3ccccc3nc21. The highest BCUT2D eigenvalue weighted by atomic mass is 32.2. The number of rotatable bonds is 5. The van der Waals surface area contributed by atoms with Crippen LogP contribution in [0.15, 0.2) is 95.9 Å². The van der Waals surface area contributed by atoms with Gasteiger partial charge in [0.05, 0.1) is 28.7 Å². The maximum absolute atomic E-state index is 13.7. The molecule has 0 spiro atoms. The summed E-state index contributed by atoms with van der Waals surface area (Å²) >= 11 is 0. The predicted octanol–water partition coefficient (Wildman–Crippen LogP) is 5.41. The van der Waals surface area contributed by atoms with Gasteiger partial charge in [0.15, 0.2) is 5.65 Å². The van der Waals surface area contributed by atoms with E-state index in [9.17, 15) is 13.7 Å². The molecule has 4 aromatic carbocycles. The molecule has 0 bridgehead atoms. The molecule has 2 aromatic heterocycles. The lowest BCUT2D eigenvalue weighted by Gasteiger charge is -2.15. The normalized spacial score (nSPS) is 11.6. The minimum absolute atomic E-state index is 0.0328. The summed E-state index contributed by atoms with van der Waals surface area (Å²) in [5, 5.41) is 11.9. The van der Waals surface area contributed by atoms with Crippen LogP contribution in [0.1, 0.15) is 5.56 Å². The van der Waals surface area contributed by atoms with Gasteiger partial charge in [0.2, 0.25) is 0 Å². The second kappa shape index (κ2) is 8.62. The van der Waals surface area contributed by atoms with Crippen LogP contribution in [-0.4, -0.2) is 30.1 Å². The van der Waals surface area contributed by atoms with Crippen molar-refractivity contribution < 1.29 is 13.2 Å². The molecule has 0 radical (unpaired) electrons. The first-order chi connectivity index (χ1) is 18.0. The van der Waals surface area contributed by atoms with Crippen LogP contribution in [0.25, 0.3) is 38.7 Å². The molecule has 0 unspecified atom stereocenters. The van der Waals surface area contributed by atoms with Crippen molar-refractivity contribution in [1.29, 1.82) is 5.26 Å². The largest absolute Gasteiger partial charge is 0.495 e. The molecule has 0 saturated heterocycles. The van der Waals surface area contributed by atoms with Gasteiger partial charge in [0.1, 0.15) is 28.7 Å². The Balaban J connectivity index is 1.64. The Morgan fingerprint density at radius 3 is 2.30 bits per heavy atom. The Hall–Kier alpha value is -4.94. The number of hydrogen-bond donors (Lipinski definition) is 1. The lowest BCUT2D eigenvalue weighted by Crippen LogP contribution is -2.16. The second-order valence-electron chi connectivity index (χ2n) is 8.34. The number of nitrogens with zero attached hydrogens (tertiary/aromatic N) is 4. The Bertz CT molecular complexity index is 1990. The zero-order chi connectivity index (χ0) is 25.6. The van der Waals surface area contributed by atoms with E-state index in [-0.39, 0.29) is 21.8 Å². The number of para-hydroxylation sites is 4. The van der Waals surface area contributed by atoms with E-state index in [0.717, 1.165) is 10.8 Å².